The average molecular weight is 196 g/mol. The minimum absolute atomic E-state index is 0.244. The van der Waals surface area contributed by atoms with Gasteiger partial charge in [-0.1, -0.05) is 0 Å². The molecule has 0 aliphatic heterocycles. The Morgan fingerprint density at radius 2 is 1.69 bits per heavy atom. The molecule has 0 heterocycles. The monoisotopic (exact) mass is 196 g/mol. The van der Waals surface area contributed by atoms with E-state index in [1.807, 2.05) is 0 Å². The molecule has 0 unspecified atom stereocenters. The summed E-state index contributed by atoms with van der Waals surface area (Å²) in [7, 11) is 1.17. The van der Waals surface area contributed by atoms with Crippen molar-refractivity contribution in [2.75, 3.05) is 7.11 Å². The predicted molar refractivity (Wildman–Crippen MR) is 39.3 cm³/mol. The lowest BCUT2D eigenvalue weighted by atomic mass is 9.83. The molecule has 0 aromatic rings. The van der Waals surface area contributed by atoms with Crippen molar-refractivity contribution in [3.05, 3.63) is 0 Å². The molecule has 1 aliphatic rings. The molecule has 1 saturated carbocycles. The second kappa shape index (κ2) is 3.29. The molecular weight excluding hydrogens is 185 g/mol. The van der Waals surface area contributed by atoms with Gasteiger partial charge in [0.15, 0.2) is 5.60 Å². The van der Waals surface area contributed by atoms with Crippen molar-refractivity contribution in [3.63, 3.8) is 0 Å². The smallest absolute Gasteiger partial charge is 0.333 e. The highest BCUT2D eigenvalue weighted by Gasteiger charge is 2.48. The summed E-state index contributed by atoms with van der Waals surface area (Å²) >= 11 is 0. The van der Waals surface area contributed by atoms with Crippen LogP contribution in [0.2, 0.25) is 0 Å². The summed E-state index contributed by atoms with van der Waals surface area (Å²) in [6, 6.07) is -1.65. The molecule has 0 radical (unpaired) electrons. The number of carbonyl (C=O) groups excluding carboxylic acids is 1. The standard InChI is InChI=1S/C8H11F3O2/c1-13-7(6(9)12)2-4-8(10,11)5-3-7/h2-5H2,1H3. The normalized spacial score (nSPS) is 25.5. The molecule has 1 rings (SSSR count). The summed E-state index contributed by atoms with van der Waals surface area (Å²) in [5.41, 5.74) is -1.61. The van der Waals surface area contributed by atoms with Crippen molar-refractivity contribution in [2.24, 2.45) is 0 Å². The molecule has 13 heavy (non-hydrogen) atoms. The van der Waals surface area contributed by atoms with Gasteiger partial charge in [-0.3, -0.25) is 4.79 Å². The molecule has 0 saturated heterocycles. The Kier molecular flexibility index (Phi) is 2.66. The van der Waals surface area contributed by atoms with E-state index in [9.17, 15) is 18.0 Å². The second-order valence-electron chi connectivity index (χ2n) is 3.33. The van der Waals surface area contributed by atoms with Gasteiger partial charge in [0.1, 0.15) is 0 Å². The Morgan fingerprint density at radius 3 is 2.00 bits per heavy atom. The molecule has 0 bridgehead atoms. The topological polar surface area (TPSA) is 26.3 Å². The van der Waals surface area contributed by atoms with Gasteiger partial charge in [-0.2, -0.15) is 4.39 Å². The van der Waals surface area contributed by atoms with Crippen LogP contribution in [0.1, 0.15) is 25.7 Å². The van der Waals surface area contributed by atoms with E-state index in [1.54, 1.807) is 0 Å². The number of ether oxygens (including phenoxy) is 1. The third-order valence-corrected chi connectivity index (χ3v) is 2.54. The van der Waals surface area contributed by atoms with E-state index < -0.39 is 30.4 Å². The molecule has 0 spiro atoms. The van der Waals surface area contributed by atoms with Crippen LogP contribution in [0.5, 0.6) is 0 Å². The number of alkyl halides is 2. The molecule has 76 valence electrons. The molecule has 5 heteroatoms. The van der Waals surface area contributed by atoms with Gasteiger partial charge in [0.2, 0.25) is 5.92 Å². The van der Waals surface area contributed by atoms with Crippen molar-refractivity contribution in [2.45, 2.75) is 37.2 Å². The maximum absolute atomic E-state index is 12.7. The van der Waals surface area contributed by atoms with Crippen LogP contribution in [0.4, 0.5) is 13.2 Å². The highest BCUT2D eigenvalue weighted by molar-refractivity contribution is 5.78. The Bertz CT molecular complexity index is 205. The average Bonchev–Trinajstić information content (AvgIpc) is 2.05. The van der Waals surface area contributed by atoms with Crippen molar-refractivity contribution < 1.29 is 22.7 Å². The van der Waals surface area contributed by atoms with Gasteiger partial charge >= 0.3 is 6.04 Å². The Labute approximate surface area is 74.1 Å². The number of carbonyl (C=O) groups is 1. The van der Waals surface area contributed by atoms with E-state index in [0.29, 0.717) is 0 Å². The second-order valence-corrected chi connectivity index (χ2v) is 3.33. The van der Waals surface area contributed by atoms with Gasteiger partial charge in [0.05, 0.1) is 0 Å². The zero-order chi connectivity index (χ0) is 10.1. The van der Waals surface area contributed by atoms with Gasteiger partial charge in [-0.05, 0) is 12.8 Å². The van der Waals surface area contributed by atoms with E-state index in [0.717, 1.165) is 0 Å². The molecule has 0 aromatic heterocycles. The largest absolute Gasteiger partial charge is 0.367 e. The summed E-state index contributed by atoms with van der Waals surface area (Å²) in [6.07, 6.45) is -1.47. The van der Waals surface area contributed by atoms with Crippen LogP contribution in [-0.4, -0.2) is 24.7 Å². The maximum atomic E-state index is 12.7. The highest BCUT2D eigenvalue weighted by Crippen LogP contribution is 2.40. The van der Waals surface area contributed by atoms with Crippen LogP contribution in [0.3, 0.4) is 0 Å². The Balaban J connectivity index is 2.69. The lowest BCUT2D eigenvalue weighted by Gasteiger charge is -2.34. The number of hydrogen-bond donors (Lipinski definition) is 0. The summed E-state index contributed by atoms with van der Waals surface area (Å²) < 4.78 is 42.5. The number of halogens is 3. The molecular formula is C8H11F3O2. The fraction of sp³-hybridized carbons (Fsp3) is 0.875. The fourth-order valence-electron chi connectivity index (χ4n) is 1.50. The minimum Gasteiger partial charge on any atom is -0.367 e. The van der Waals surface area contributed by atoms with Crippen LogP contribution >= 0.6 is 0 Å². The van der Waals surface area contributed by atoms with Gasteiger partial charge in [-0.15, -0.1) is 0 Å². The number of methoxy groups -OCH3 is 1. The fourth-order valence-corrected chi connectivity index (χ4v) is 1.50. The van der Waals surface area contributed by atoms with E-state index in [4.69, 9.17) is 0 Å². The molecule has 0 amide bonds. The summed E-state index contributed by atoms with van der Waals surface area (Å²) in [4.78, 5) is 10.5. The van der Waals surface area contributed by atoms with Crippen molar-refractivity contribution in [1.82, 2.24) is 0 Å². The van der Waals surface area contributed by atoms with Crippen LogP contribution in [-0.2, 0) is 9.53 Å². The lowest BCUT2D eigenvalue weighted by Crippen LogP contribution is -2.45. The Morgan fingerprint density at radius 1 is 1.23 bits per heavy atom. The van der Waals surface area contributed by atoms with Gasteiger partial charge in [0, 0.05) is 20.0 Å². The highest BCUT2D eigenvalue weighted by atomic mass is 19.3. The number of hydrogen-bond acceptors (Lipinski definition) is 2. The zero-order valence-electron chi connectivity index (χ0n) is 7.28. The summed E-state index contributed by atoms with van der Waals surface area (Å²) in [5, 5.41) is 0. The van der Waals surface area contributed by atoms with Crippen LogP contribution in [0.15, 0.2) is 0 Å². The van der Waals surface area contributed by atoms with Crippen LogP contribution < -0.4 is 0 Å². The third-order valence-electron chi connectivity index (χ3n) is 2.54. The SMILES string of the molecule is COC1(C(=O)F)CCC(F)(F)CC1. The Hall–Kier alpha value is -0.580. The quantitative estimate of drug-likeness (QED) is 0.632. The third kappa shape index (κ3) is 2.02. The first kappa shape index (κ1) is 10.5. The van der Waals surface area contributed by atoms with E-state index >= 15 is 0 Å². The summed E-state index contributed by atoms with van der Waals surface area (Å²) in [5.74, 6) is -2.78. The van der Waals surface area contributed by atoms with Crippen molar-refractivity contribution in [3.8, 4) is 0 Å². The predicted octanol–water partition coefficient (Wildman–Crippen LogP) is 2.08. The van der Waals surface area contributed by atoms with Gasteiger partial charge in [-0.25, -0.2) is 8.78 Å². The maximum Gasteiger partial charge on any atom is 0.333 e. The summed E-state index contributed by atoms with van der Waals surface area (Å²) in [6.45, 7) is 0. The minimum atomic E-state index is -2.78. The first-order valence-electron chi connectivity index (χ1n) is 4.05. The van der Waals surface area contributed by atoms with Crippen LogP contribution in [0.25, 0.3) is 0 Å². The van der Waals surface area contributed by atoms with E-state index in [1.165, 1.54) is 7.11 Å². The van der Waals surface area contributed by atoms with E-state index in [-0.39, 0.29) is 12.8 Å². The molecule has 0 N–H and O–H groups in total. The lowest BCUT2D eigenvalue weighted by molar-refractivity contribution is -0.168. The first-order chi connectivity index (χ1) is 5.92. The number of rotatable bonds is 2. The van der Waals surface area contributed by atoms with Crippen molar-refractivity contribution in [1.29, 1.82) is 0 Å². The molecule has 2 nitrogen and oxygen atoms in total. The first-order valence-corrected chi connectivity index (χ1v) is 4.05. The van der Waals surface area contributed by atoms with Crippen molar-refractivity contribution >= 4 is 6.04 Å². The zero-order valence-corrected chi connectivity index (χ0v) is 7.28. The molecule has 0 aromatic carbocycles. The van der Waals surface area contributed by atoms with Gasteiger partial charge < -0.3 is 4.74 Å². The van der Waals surface area contributed by atoms with Crippen LogP contribution in [0, 0.1) is 0 Å². The molecule has 1 aliphatic carbocycles. The van der Waals surface area contributed by atoms with Gasteiger partial charge in [0.25, 0.3) is 0 Å². The molecule has 0 atom stereocenters. The molecule has 1 fully saturated rings. The van der Waals surface area contributed by atoms with E-state index in [2.05, 4.69) is 4.74 Å².